The molecule has 1 aromatic carbocycles. The Balaban J connectivity index is 1.81. The molecule has 1 saturated carbocycles. The summed E-state index contributed by atoms with van der Waals surface area (Å²) in [6.45, 7) is 2.26. The fraction of sp³-hybridized carbons (Fsp3) is 0.533. The van der Waals surface area contributed by atoms with E-state index in [1.165, 1.54) is 0 Å². The SMILES string of the molecule is CCC1(S(=O)(=O)NC(=O)C2OCCc3ccccc32)CC1. The van der Waals surface area contributed by atoms with E-state index >= 15 is 0 Å². The summed E-state index contributed by atoms with van der Waals surface area (Å²) in [5, 5.41) is 0. The number of rotatable bonds is 4. The van der Waals surface area contributed by atoms with E-state index in [4.69, 9.17) is 4.74 Å². The van der Waals surface area contributed by atoms with Crippen molar-refractivity contribution in [3.05, 3.63) is 35.4 Å². The van der Waals surface area contributed by atoms with Crippen LogP contribution in [-0.2, 0) is 26.0 Å². The van der Waals surface area contributed by atoms with Gasteiger partial charge in [0.05, 0.1) is 11.4 Å². The highest BCUT2D eigenvalue weighted by Crippen LogP contribution is 2.46. The smallest absolute Gasteiger partial charge is 0.267 e. The molecule has 0 bridgehead atoms. The zero-order valence-electron chi connectivity index (χ0n) is 12.0. The Morgan fingerprint density at radius 3 is 2.76 bits per heavy atom. The Morgan fingerprint density at radius 1 is 1.38 bits per heavy atom. The second-order valence-electron chi connectivity index (χ2n) is 5.71. The van der Waals surface area contributed by atoms with Crippen LogP contribution in [0.1, 0.15) is 43.4 Å². The molecule has 1 aromatic rings. The van der Waals surface area contributed by atoms with Crippen molar-refractivity contribution in [2.45, 2.75) is 43.5 Å². The minimum Gasteiger partial charge on any atom is -0.363 e. The number of hydrogen-bond donors (Lipinski definition) is 1. The van der Waals surface area contributed by atoms with Gasteiger partial charge in [0.25, 0.3) is 5.91 Å². The van der Waals surface area contributed by atoms with Gasteiger partial charge in [-0.25, -0.2) is 8.42 Å². The maximum atomic E-state index is 12.4. The van der Waals surface area contributed by atoms with Crippen molar-refractivity contribution in [2.24, 2.45) is 0 Å². The van der Waals surface area contributed by atoms with Crippen LogP contribution in [0.4, 0.5) is 0 Å². The number of benzene rings is 1. The normalized spacial score (nSPS) is 23.2. The van der Waals surface area contributed by atoms with E-state index in [-0.39, 0.29) is 0 Å². The van der Waals surface area contributed by atoms with Gasteiger partial charge in [0, 0.05) is 0 Å². The highest BCUT2D eigenvalue weighted by atomic mass is 32.2. The molecule has 1 aliphatic carbocycles. The van der Waals surface area contributed by atoms with Gasteiger partial charge >= 0.3 is 0 Å². The van der Waals surface area contributed by atoms with Gasteiger partial charge in [0.2, 0.25) is 10.0 Å². The Bertz CT molecular complexity index is 664. The molecule has 3 rings (SSSR count). The van der Waals surface area contributed by atoms with Gasteiger partial charge in [0.15, 0.2) is 6.10 Å². The molecular weight excluding hydrogens is 290 g/mol. The molecule has 0 spiro atoms. The summed E-state index contributed by atoms with van der Waals surface area (Å²) < 4.78 is 31.6. The van der Waals surface area contributed by atoms with Gasteiger partial charge in [0.1, 0.15) is 0 Å². The number of sulfonamides is 1. The van der Waals surface area contributed by atoms with E-state index in [0.29, 0.717) is 25.9 Å². The summed E-state index contributed by atoms with van der Waals surface area (Å²) in [6, 6.07) is 7.50. The van der Waals surface area contributed by atoms with E-state index in [1.54, 1.807) is 0 Å². The molecule has 6 heteroatoms. The number of amides is 1. The molecule has 2 aliphatic rings. The highest BCUT2D eigenvalue weighted by Gasteiger charge is 2.54. The average Bonchev–Trinajstić information content (AvgIpc) is 3.27. The van der Waals surface area contributed by atoms with E-state index < -0.39 is 26.8 Å². The zero-order valence-corrected chi connectivity index (χ0v) is 12.8. The van der Waals surface area contributed by atoms with Crippen molar-refractivity contribution in [2.75, 3.05) is 6.61 Å². The number of carbonyl (C=O) groups excluding carboxylic acids is 1. The topological polar surface area (TPSA) is 72.5 Å². The van der Waals surface area contributed by atoms with Crippen molar-refractivity contribution in [1.82, 2.24) is 4.72 Å². The van der Waals surface area contributed by atoms with Gasteiger partial charge in [-0.3, -0.25) is 9.52 Å². The summed E-state index contributed by atoms with van der Waals surface area (Å²) in [5.41, 5.74) is 1.80. The molecule has 1 aliphatic heterocycles. The molecule has 114 valence electrons. The molecule has 1 atom stereocenters. The molecule has 1 unspecified atom stereocenters. The molecular formula is C15H19NO4S. The molecule has 0 saturated heterocycles. The zero-order chi connectivity index (χ0) is 15.1. The molecule has 1 fully saturated rings. The van der Waals surface area contributed by atoms with E-state index in [2.05, 4.69) is 4.72 Å². The first kappa shape index (κ1) is 14.5. The van der Waals surface area contributed by atoms with Crippen LogP contribution in [-0.4, -0.2) is 25.7 Å². The lowest BCUT2D eigenvalue weighted by Gasteiger charge is -2.26. The van der Waals surface area contributed by atoms with E-state index in [9.17, 15) is 13.2 Å². The summed E-state index contributed by atoms with van der Waals surface area (Å²) in [7, 11) is -3.63. The van der Waals surface area contributed by atoms with Crippen molar-refractivity contribution in [3.8, 4) is 0 Å². The largest absolute Gasteiger partial charge is 0.363 e. The van der Waals surface area contributed by atoms with Crippen molar-refractivity contribution in [1.29, 1.82) is 0 Å². The minimum absolute atomic E-state index is 0.425. The van der Waals surface area contributed by atoms with Gasteiger partial charge in [-0.15, -0.1) is 0 Å². The average molecular weight is 309 g/mol. The summed E-state index contributed by atoms with van der Waals surface area (Å²) in [6.07, 6.45) is 1.67. The first-order valence-corrected chi connectivity index (χ1v) is 8.73. The monoisotopic (exact) mass is 309 g/mol. The Hall–Kier alpha value is -1.40. The van der Waals surface area contributed by atoms with Gasteiger partial charge in [-0.05, 0) is 36.8 Å². The summed E-state index contributed by atoms with van der Waals surface area (Å²) in [4.78, 5) is 12.4. The lowest BCUT2D eigenvalue weighted by Crippen LogP contribution is -2.43. The third-order valence-electron chi connectivity index (χ3n) is 4.49. The number of hydrogen-bond acceptors (Lipinski definition) is 4. The number of carbonyl (C=O) groups is 1. The number of fused-ring (bicyclic) bond motifs is 1. The van der Waals surface area contributed by atoms with Crippen LogP contribution in [0.2, 0.25) is 0 Å². The molecule has 5 nitrogen and oxygen atoms in total. The van der Waals surface area contributed by atoms with E-state index in [1.807, 2.05) is 31.2 Å². The first-order chi connectivity index (χ1) is 9.99. The number of ether oxygens (including phenoxy) is 1. The second-order valence-corrected chi connectivity index (χ2v) is 7.78. The predicted octanol–water partition coefficient (Wildman–Crippen LogP) is 1.69. The predicted molar refractivity (Wildman–Crippen MR) is 78.2 cm³/mol. The fourth-order valence-corrected chi connectivity index (χ4v) is 4.46. The molecule has 1 heterocycles. The molecule has 0 radical (unpaired) electrons. The third-order valence-corrected chi connectivity index (χ3v) is 6.80. The van der Waals surface area contributed by atoms with Crippen LogP contribution in [0.5, 0.6) is 0 Å². The summed E-state index contributed by atoms with van der Waals surface area (Å²) in [5.74, 6) is -0.582. The maximum absolute atomic E-state index is 12.4. The van der Waals surface area contributed by atoms with Crippen LogP contribution in [0.25, 0.3) is 0 Å². The van der Waals surface area contributed by atoms with Crippen molar-refractivity contribution < 1.29 is 17.9 Å². The lowest BCUT2D eigenvalue weighted by atomic mass is 9.97. The number of nitrogens with one attached hydrogen (secondary N) is 1. The molecule has 1 N–H and O–H groups in total. The lowest BCUT2D eigenvalue weighted by molar-refractivity contribution is -0.132. The van der Waals surface area contributed by atoms with Crippen LogP contribution < -0.4 is 4.72 Å². The van der Waals surface area contributed by atoms with Crippen LogP contribution >= 0.6 is 0 Å². The van der Waals surface area contributed by atoms with Crippen LogP contribution in [0, 0.1) is 0 Å². The molecule has 1 amide bonds. The molecule has 21 heavy (non-hydrogen) atoms. The van der Waals surface area contributed by atoms with Crippen molar-refractivity contribution in [3.63, 3.8) is 0 Å². The maximum Gasteiger partial charge on any atom is 0.267 e. The third kappa shape index (κ3) is 2.46. The van der Waals surface area contributed by atoms with E-state index in [0.717, 1.165) is 17.5 Å². The quantitative estimate of drug-likeness (QED) is 0.918. The Labute approximate surface area is 124 Å². The highest BCUT2D eigenvalue weighted by molar-refractivity contribution is 7.91. The standard InChI is InChI=1S/C15H19NO4S/c1-2-15(8-9-15)21(18,19)16-14(17)13-12-6-4-3-5-11(12)7-10-20-13/h3-6,13H,2,7-10H2,1H3,(H,16,17). The Morgan fingerprint density at radius 2 is 2.10 bits per heavy atom. The minimum atomic E-state index is -3.63. The Kier molecular flexibility index (Phi) is 3.53. The fourth-order valence-electron chi connectivity index (χ4n) is 2.86. The van der Waals surface area contributed by atoms with Crippen LogP contribution in [0.3, 0.4) is 0 Å². The van der Waals surface area contributed by atoms with Gasteiger partial charge in [-0.2, -0.15) is 0 Å². The molecule has 0 aromatic heterocycles. The van der Waals surface area contributed by atoms with Gasteiger partial charge in [-0.1, -0.05) is 31.2 Å². The summed E-state index contributed by atoms with van der Waals surface area (Å²) >= 11 is 0. The van der Waals surface area contributed by atoms with Gasteiger partial charge < -0.3 is 4.74 Å². The van der Waals surface area contributed by atoms with Crippen LogP contribution in [0.15, 0.2) is 24.3 Å². The van der Waals surface area contributed by atoms with Crippen molar-refractivity contribution >= 4 is 15.9 Å². The first-order valence-electron chi connectivity index (χ1n) is 7.25. The second kappa shape index (κ2) is 5.10.